The third-order valence-electron chi connectivity index (χ3n) is 3.14. The summed E-state index contributed by atoms with van der Waals surface area (Å²) >= 11 is 4.93. The highest BCUT2D eigenvalue weighted by Crippen LogP contribution is 2.24. The minimum atomic E-state index is -3.83. The van der Waals surface area contributed by atoms with Gasteiger partial charge in [0.25, 0.3) is 5.91 Å². The van der Waals surface area contributed by atoms with Crippen molar-refractivity contribution in [1.82, 2.24) is 4.90 Å². The fraction of sp³-hybridized carbons (Fsp3) is 0.214. The molecule has 2 rings (SSSR count). The van der Waals surface area contributed by atoms with Gasteiger partial charge in [0.2, 0.25) is 10.0 Å². The zero-order valence-electron chi connectivity index (χ0n) is 12.0. The van der Waals surface area contributed by atoms with Crippen molar-refractivity contribution in [3.63, 3.8) is 0 Å². The molecule has 1 aromatic heterocycles. The van der Waals surface area contributed by atoms with Crippen LogP contribution < -0.4 is 5.14 Å². The third kappa shape index (κ3) is 3.95. The number of hydrogen-bond donors (Lipinski definition) is 1. The van der Waals surface area contributed by atoms with Crippen molar-refractivity contribution in [3.8, 4) is 0 Å². The number of nitrogens with zero attached hydrogens (tertiary/aromatic N) is 1. The number of benzene rings is 1. The van der Waals surface area contributed by atoms with Crippen LogP contribution in [0, 0.1) is 6.92 Å². The van der Waals surface area contributed by atoms with E-state index in [0.29, 0.717) is 17.7 Å². The van der Waals surface area contributed by atoms with Gasteiger partial charge in [-0.05, 0) is 52.7 Å². The fourth-order valence-electron chi connectivity index (χ4n) is 1.96. The number of amides is 1. The molecule has 0 aliphatic rings. The largest absolute Gasteiger partial charge is 0.337 e. The van der Waals surface area contributed by atoms with Crippen molar-refractivity contribution in [2.75, 3.05) is 7.05 Å². The molecule has 0 unspecified atom stereocenters. The topological polar surface area (TPSA) is 80.5 Å². The van der Waals surface area contributed by atoms with Gasteiger partial charge in [0, 0.05) is 17.5 Å². The Bertz CT molecular complexity index is 815. The minimum Gasteiger partial charge on any atom is -0.337 e. The van der Waals surface area contributed by atoms with Crippen LogP contribution in [-0.4, -0.2) is 26.3 Å². The average Bonchev–Trinajstić information content (AvgIpc) is 2.82. The lowest BCUT2D eigenvalue weighted by Crippen LogP contribution is -2.27. The normalized spacial score (nSPS) is 11.5. The number of aryl methyl sites for hydroxylation is 1. The lowest BCUT2D eigenvalue weighted by Gasteiger charge is -2.18. The molecule has 0 aliphatic heterocycles. The lowest BCUT2D eigenvalue weighted by molar-refractivity contribution is 0.0785. The molecule has 0 fully saturated rings. The first-order chi connectivity index (χ1) is 10.2. The zero-order valence-corrected chi connectivity index (χ0v) is 15.3. The van der Waals surface area contributed by atoms with Crippen molar-refractivity contribution in [2.45, 2.75) is 18.4 Å². The van der Waals surface area contributed by atoms with Crippen LogP contribution in [0.2, 0.25) is 0 Å². The Labute approximate surface area is 141 Å². The van der Waals surface area contributed by atoms with Crippen LogP contribution in [0.15, 0.2) is 39.0 Å². The van der Waals surface area contributed by atoms with Crippen molar-refractivity contribution in [1.29, 1.82) is 0 Å². The van der Waals surface area contributed by atoms with Crippen LogP contribution in [-0.2, 0) is 16.6 Å². The first-order valence-electron chi connectivity index (χ1n) is 6.31. The van der Waals surface area contributed by atoms with Crippen LogP contribution in [0.1, 0.15) is 20.8 Å². The van der Waals surface area contributed by atoms with Gasteiger partial charge in [0.1, 0.15) is 0 Å². The molecule has 5 nitrogen and oxygen atoms in total. The monoisotopic (exact) mass is 402 g/mol. The van der Waals surface area contributed by atoms with E-state index in [1.54, 1.807) is 36.3 Å². The molecule has 1 amide bonds. The summed E-state index contributed by atoms with van der Waals surface area (Å²) in [6.45, 7) is 2.21. The van der Waals surface area contributed by atoms with E-state index < -0.39 is 10.0 Å². The maximum atomic E-state index is 12.5. The number of carbonyl (C=O) groups is 1. The molecule has 0 saturated heterocycles. The first kappa shape index (κ1) is 17.1. The Kier molecular flexibility index (Phi) is 5.06. The van der Waals surface area contributed by atoms with Gasteiger partial charge in [0.05, 0.1) is 15.2 Å². The van der Waals surface area contributed by atoms with Crippen LogP contribution >= 0.6 is 27.3 Å². The number of nitrogens with two attached hydrogens (primary N) is 1. The molecule has 8 heteroatoms. The number of hydrogen-bond acceptors (Lipinski definition) is 4. The number of rotatable bonds is 4. The van der Waals surface area contributed by atoms with Gasteiger partial charge in [-0.25, -0.2) is 13.6 Å². The molecule has 0 saturated carbocycles. The summed E-state index contributed by atoms with van der Waals surface area (Å²) in [7, 11) is -2.15. The standard InChI is InChI=1S/C14H15BrN2O3S2/c1-9-3-5-11(22(16,19)20)7-12(9)14(18)17(2)8-10-4-6-13(15)21-10/h3-7H,8H2,1-2H3,(H2,16,19,20). The molecular weight excluding hydrogens is 388 g/mol. The van der Waals surface area contributed by atoms with Gasteiger partial charge in [-0.2, -0.15) is 0 Å². The summed E-state index contributed by atoms with van der Waals surface area (Å²) in [5.41, 5.74) is 1.04. The lowest BCUT2D eigenvalue weighted by atomic mass is 10.1. The van der Waals surface area contributed by atoms with Gasteiger partial charge in [-0.3, -0.25) is 4.79 Å². The molecule has 0 spiro atoms. The van der Waals surface area contributed by atoms with E-state index in [4.69, 9.17) is 5.14 Å². The SMILES string of the molecule is Cc1ccc(S(N)(=O)=O)cc1C(=O)N(C)Cc1ccc(Br)s1. The number of carbonyl (C=O) groups excluding carboxylic acids is 1. The Balaban J connectivity index is 2.28. The Morgan fingerprint density at radius 2 is 2.00 bits per heavy atom. The average molecular weight is 403 g/mol. The number of halogens is 1. The quantitative estimate of drug-likeness (QED) is 0.853. The Morgan fingerprint density at radius 3 is 2.55 bits per heavy atom. The van der Waals surface area contributed by atoms with Crippen molar-refractivity contribution in [3.05, 3.63) is 50.1 Å². The van der Waals surface area contributed by atoms with Crippen LogP contribution in [0.5, 0.6) is 0 Å². The molecule has 1 aromatic carbocycles. The molecule has 0 atom stereocenters. The smallest absolute Gasteiger partial charge is 0.254 e. The molecule has 0 radical (unpaired) electrons. The first-order valence-corrected chi connectivity index (χ1v) is 9.47. The van der Waals surface area contributed by atoms with E-state index in [9.17, 15) is 13.2 Å². The van der Waals surface area contributed by atoms with E-state index in [2.05, 4.69) is 15.9 Å². The Hall–Kier alpha value is -1.22. The van der Waals surface area contributed by atoms with Gasteiger partial charge < -0.3 is 4.90 Å². The summed E-state index contributed by atoms with van der Waals surface area (Å²) < 4.78 is 23.9. The van der Waals surface area contributed by atoms with Gasteiger partial charge >= 0.3 is 0 Å². The molecule has 1 heterocycles. The summed E-state index contributed by atoms with van der Waals surface area (Å²) in [4.78, 5) is 15.1. The predicted octanol–water partition coefficient (Wildman–Crippen LogP) is 2.74. The van der Waals surface area contributed by atoms with E-state index in [1.807, 2.05) is 12.1 Å². The summed E-state index contributed by atoms with van der Waals surface area (Å²) in [5, 5.41) is 5.12. The summed E-state index contributed by atoms with van der Waals surface area (Å²) in [6, 6.07) is 8.17. The number of sulfonamides is 1. The highest BCUT2D eigenvalue weighted by atomic mass is 79.9. The molecule has 0 aliphatic carbocycles. The molecule has 22 heavy (non-hydrogen) atoms. The van der Waals surface area contributed by atoms with E-state index in [-0.39, 0.29) is 10.8 Å². The fourth-order valence-corrected chi connectivity index (χ4v) is 4.03. The van der Waals surface area contributed by atoms with Crippen LogP contribution in [0.4, 0.5) is 0 Å². The third-order valence-corrected chi connectivity index (χ3v) is 5.66. The van der Waals surface area contributed by atoms with Gasteiger partial charge in [0.15, 0.2) is 0 Å². The van der Waals surface area contributed by atoms with Crippen LogP contribution in [0.25, 0.3) is 0 Å². The molecule has 2 aromatic rings. The molecular formula is C14H15BrN2O3S2. The minimum absolute atomic E-state index is 0.0614. The second kappa shape index (κ2) is 6.49. The maximum absolute atomic E-state index is 12.5. The number of primary sulfonamides is 1. The molecule has 118 valence electrons. The molecule has 0 bridgehead atoms. The summed E-state index contributed by atoms with van der Waals surface area (Å²) in [6.07, 6.45) is 0. The predicted molar refractivity (Wildman–Crippen MR) is 90.4 cm³/mol. The van der Waals surface area contributed by atoms with Crippen molar-refractivity contribution in [2.24, 2.45) is 5.14 Å². The summed E-state index contributed by atoms with van der Waals surface area (Å²) in [5.74, 6) is -0.243. The zero-order chi connectivity index (χ0) is 16.5. The highest BCUT2D eigenvalue weighted by Gasteiger charge is 2.18. The second-order valence-electron chi connectivity index (χ2n) is 4.89. The second-order valence-corrected chi connectivity index (χ2v) is 9.00. The number of thiophene rings is 1. The molecule has 2 N–H and O–H groups in total. The van der Waals surface area contributed by atoms with Gasteiger partial charge in [-0.15, -0.1) is 11.3 Å². The van der Waals surface area contributed by atoms with E-state index >= 15 is 0 Å². The van der Waals surface area contributed by atoms with E-state index in [1.165, 1.54) is 12.1 Å². The maximum Gasteiger partial charge on any atom is 0.254 e. The van der Waals surface area contributed by atoms with Crippen molar-refractivity contribution < 1.29 is 13.2 Å². The van der Waals surface area contributed by atoms with Crippen LogP contribution in [0.3, 0.4) is 0 Å². The highest BCUT2D eigenvalue weighted by molar-refractivity contribution is 9.11. The Morgan fingerprint density at radius 1 is 1.32 bits per heavy atom. The van der Waals surface area contributed by atoms with Gasteiger partial charge in [-0.1, -0.05) is 6.07 Å². The van der Waals surface area contributed by atoms with E-state index in [0.717, 1.165) is 8.66 Å². The van der Waals surface area contributed by atoms with Crippen molar-refractivity contribution >= 4 is 43.2 Å².